The van der Waals surface area contributed by atoms with Gasteiger partial charge in [-0.15, -0.1) is 10.2 Å². The van der Waals surface area contributed by atoms with Crippen molar-refractivity contribution in [3.8, 4) is 0 Å². The highest BCUT2D eigenvalue weighted by Crippen LogP contribution is 2.17. The minimum atomic E-state index is -0.320. The van der Waals surface area contributed by atoms with Gasteiger partial charge in [0.15, 0.2) is 5.82 Å². The van der Waals surface area contributed by atoms with Gasteiger partial charge in [-0.25, -0.2) is 4.39 Å². The Hall–Kier alpha value is -2.28. The molecule has 0 bridgehead atoms. The number of nitrogens with zero attached hydrogens (tertiary/aromatic N) is 4. The summed E-state index contributed by atoms with van der Waals surface area (Å²) >= 11 is 0. The lowest BCUT2D eigenvalue weighted by Gasteiger charge is -2.26. The molecular formula is C17H21FN4O2. The monoisotopic (exact) mass is 332 g/mol. The van der Waals surface area contributed by atoms with Gasteiger partial charge in [-0.1, -0.05) is 12.1 Å². The van der Waals surface area contributed by atoms with Crippen LogP contribution in [0.3, 0.4) is 0 Å². The van der Waals surface area contributed by atoms with Crippen LogP contribution in [0.4, 0.5) is 4.39 Å². The molecule has 3 rings (SSSR count). The van der Waals surface area contributed by atoms with Crippen LogP contribution < -0.4 is 0 Å². The van der Waals surface area contributed by atoms with Gasteiger partial charge in [0.1, 0.15) is 18.2 Å². The van der Waals surface area contributed by atoms with Crippen molar-refractivity contribution in [1.82, 2.24) is 19.7 Å². The van der Waals surface area contributed by atoms with E-state index in [0.717, 1.165) is 11.6 Å². The average Bonchev–Trinajstić information content (AvgIpc) is 2.81. The Labute approximate surface area is 140 Å². The highest BCUT2D eigenvalue weighted by Gasteiger charge is 2.27. The number of aromatic nitrogens is 3. The Bertz CT molecular complexity index is 731. The molecule has 0 saturated carbocycles. The molecule has 0 unspecified atom stereocenters. The summed E-state index contributed by atoms with van der Waals surface area (Å²) < 4.78 is 20.5. The highest BCUT2D eigenvalue weighted by molar-refractivity contribution is 5.79. The zero-order valence-electron chi connectivity index (χ0n) is 13.9. The number of hydrogen-bond donors (Lipinski definition) is 0. The van der Waals surface area contributed by atoms with Crippen LogP contribution in [-0.4, -0.2) is 45.3 Å². The minimum absolute atomic E-state index is 0.0000961. The van der Waals surface area contributed by atoms with Gasteiger partial charge in [0.2, 0.25) is 5.91 Å². The van der Waals surface area contributed by atoms with Crippen LogP contribution in [0.25, 0.3) is 0 Å². The number of benzene rings is 1. The number of fused-ring (bicyclic) bond motifs is 1. The van der Waals surface area contributed by atoms with Crippen molar-refractivity contribution in [1.29, 1.82) is 0 Å². The van der Waals surface area contributed by atoms with Crippen LogP contribution >= 0.6 is 0 Å². The van der Waals surface area contributed by atoms with Crippen molar-refractivity contribution in [3.63, 3.8) is 0 Å². The van der Waals surface area contributed by atoms with Gasteiger partial charge >= 0.3 is 0 Å². The van der Waals surface area contributed by atoms with Crippen LogP contribution in [-0.2, 0) is 35.5 Å². The van der Waals surface area contributed by atoms with Crippen molar-refractivity contribution < 1.29 is 13.9 Å². The number of methoxy groups -OCH3 is 1. The summed E-state index contributed by atoms with van der Waals surface area (Å²) in [6.45, 7) is 3.62. The summed E-state index contributed by atoms with van der Waals surface area (Å²) in [6, 6.07) is 6.21. The van der Waals surface area contributed by atoms with E-state index in [0.29, 0.717) is 31.7 Å². The van der Waals surface area contributed by atoms with Crippen molar-refractivity contribution in [2.75, 3.05) is 13.7 Å². The Balaban J connectivity index is 1.72. The summed E-state index contributed by atoms with van der Waals surface area (Å²) in [4.78, 5) is 14.5. The lowest BCUT2D eigenvalue weighted by molar-refractivity contribution is -0.132. The second kappa shape index (κ2) is 7.09. The Morgan fingerprint density at radius 2 is 2.21 bits per heavy atom. The molecule has 0 saturated heterocycles. The number of hydrogen-bond acceptors (Lipinski definition) is 4. The van der Waals surface area contributed by atoms with Gasteiger partial charge in [-0.3, -0.25) is 4.79 Å². The molecule has 2 heterocycles. The number of rotatable bonds is 4. The Morgan fingerprint density at radius 1 is 1.38 bits per heavy atom. The van der Waals surface area contributed by atoms with E-state index in [2.05, 4.69) is 10.2 Å². The molecular weight excluding hydrogens is 311 g/mol. The first-order valence-corrected chi connectivity index (χ1v) is 8.02. The van der Waals surface area contributed by atoms with Crippen LogP contribution in [0, 0.1) is 5.82 Å². The average molecular weight is 332 g/mol. The topological polar surface area (TPSA) is 60.3 Å². The minimum Gasteiger partial charge on any atom is -0.377 e. The van der Waals surface area contributed by atoms with Crippen molar-refractivity contribution >= 4 is 5.91 Å². The fourth-order valence-electron chi connectivity index (χ4n) is 3.11. The van der Waals surface area contributed by atoms with E-state index in [9.17, 15) is 9.18 Å². The molecule has 1 aliphatic rings. The molecule has 1 aliphatic heterocycles. The van der Waals surface area contributed by atoms with E-state index < -0.39 is 0 Å². The van der Waals surface area contributed by atoms with E-state index in [1.165, 1.54) is 12.1 Å². The van der Waals surface area contributed by atoms with Crippen LogP contribution in [0.5, 0.6) is 0 Å². The standard InChI is InChI=1S/C17H21FN4O2/c1-12-8-15-19-20-16(11-24-2)22(15)7-6-21(12)17(23)10-13-4-3-5-14(18)9-13/h3-5,9,12H,6-8,10-11H2,1-2H3/t12-/m1/s1. The maximum atomic E-state index is 13.3. The maximum absolute atomic E-state index is 13.3. The molecule has 6 nitrogen and oxygen atoms in total. The largest absolute Gasteiger partial charge is 0.377 e. The Morgan fingerprint density at radius 3 is 2.96 bits per heavy atom. The molecule has 24 heavy (non-hydrogen) atoms. The van der Waals surface area contributed by atoms with E-state index in [1.807, 2.05) is 16.4 Å². The normalized spacial score (nSPS) is 17.5. The van der Waals surface area contributed by atoms with Gasteiger partial charge in [0.25, 0.3) is 0 Å². The highest BCUT2D eigenvalue weighted by atomic mass is 19.1. The van der Waals surface area contributed by atoms with E-state index >= 15 is 0 Å². The fourth-order valence-corrected chi connectivity index (χ4v) is 3.11. The lowest BCUT2D eigenvalue weighted by Crippen LogP contribution is -2.41. The van der Waals surface area contributed by atoms with Gasteiger partial charge in [0, 0.05) is 32.7 Å². The fraction of sp³-hybridized carbons (Fsp3) is 0.471. The number of carbonyl (C=O) groups is 1. The SMILES string of the molecule is COCc1nnc2n1CCN(C(=O)Cc1cccc(F)c1)[C@H](C)C2. The molecule has 0 spiro atoms. The summed E-state index contributed by atoms with van der Waals surface area (Å²) in [5.74, 6) is 1.33. The maximum Gasteiger partial charge on any atom is 0.227 e. The molecule has 0 N–H and O–H groups in total. The van der Waals surface area contributed by atoms with Gasteiger partial charge in [-0.2, -0.15) is 0 Å². The van der Waals surface area contributed by atoms with E-state index in [4.69, 9.17) is 4.74 Å². The third kappa shape index (κ3) is 3.46. The second-order valence-corrected chi connectivity index (χ2v) is 6.06. The molecule has 0 aliphatic carbocycles. The predicted molar refractivity (Wildman–Crippen MR) is 85.7 cm³/mol. The first kappa shape index (κ1) is 16.6. The molecule has 1 aromatic carbocycles. The van der Waals surface area contributed by atoms with Crippen molar-refractivity contribution in [2.24, 2.45) is 0 Å². The van der Waals surface area contributed by atoms with Crippen molar-refractivity contribution in [3.05, 3.63) is 47.3 Å². The van der Waals surface area contributed by atoms with Gasteiger partial charge in [0.05, 0.1) is 6.42 Å². The van der Waals surface area contributed by atoms with Gasteiger partial charge < -0.3 is 14.2 Å². The number of ether oxygens (including phenoxy) is 1. The molecule has 128 valence electrons. The molecule has 1 amide bonds. The molecule has 2 aromatic rings. The second-order valence-electron chi connectivity index (χ2n) is 6.06. The summed E-state index contributed by atoms with van der Waals surface area (Å²) in [5, 5.41) is 8.37. The van der Waals surface area contributed by atoms with Crippen molar-refractivity contribution in [2.45, 2.75) is 39.0 Å². The summed E-state index contributed by atoms with van der Waals surface area (Å²) in [5.41, 5.74) is 0.691. The van der Waals surface area contributed by atoms with Crippen LogP contribution in [0.15, 0.2) is 24.3 Å². The van der Waals surface area contributed by atoms with E-state index in [-0.39, 0.29) is 24.2 Å². The summed E-state index contributed by atoms with van der Waals surface area (Å²) in [7, 11) is 1.62. The Kier molecular flexibility index (Phi) is 4.89. The molecule has 7 heteroatoms. The van der Waals surface area contributed by atoms with E-state index in [1.54, 1.807) is 19.2 Å². The molecule has 0 radical (unpaired) electrons. The smallest absolute Gasteiger partial charge is 0.227 e. The number of halogens is 1. The third-order valence-electron chi connectivity index (χ3n) is 4.32. The molecule has 1 aromatic heterocycles. The molecule has 1 atom stereocenters. The first-order chi connectivity index (χ1) is 11.6. The third-order valence-corrected chi connectivity index (χ3v) is 4.32. The number of amides is 1. The first-order valence-electron chi connectivity index (χ1n) is 8.02. The van der Waals surface area contributed by atoms with Crippen LogP contribution in [0.2, 0.25) is 0 Å². The van der Waals surface area contributed by atoms with Gasteiger partial charge in [-0.05, 0) is 24.6 Å². The van der Waals surface area contributed by atoms with Crippen LogP contribution in [0.1, 0.15) is 24.1 Å². The predicted octanol–water partition coefficient (Wildman–Crippen LogP) is 1.58. The quantitative estimate of drug-likeness (QED) is 0.853. The molecule has 0 fully saturated rings. The summed E-state index contributed by atoms with van der Waals surface area (Å²) in [6.07, 6.45) is 0.846. The zero-order chi connectivity index (χ0) is 17.1. The lowest BCUT2D eigenvalue weighted by atomic mass is 10.1. The number of carbonyl (C=O) groups excluding carboxylic acids is 1. The zero-order valence-corrected chi connectivity index (χ0v) is 13.9.